The molecule has 0 aromatic carbocycles. The Morgan fingerprint density at radius 3 is 1.24 bits per heavy atom. The number of rotatable bonds is 48. The van der Waals surface area contributed by atoms with Crippen LogP contribution in [0.4, 0.5) is 0 Å². The Labute approximate surface area is 368 Å². The highest BCUT2D eigenvalue weighted by Gasteiger charge is 2.24. The number of esters is 1. The molecule has 3 unspecified atom stereocenters. The largest absolute Gasteiger partial charge is 0.462 e. The first-order valence-electron chi connectivity index (χ1n) is 26.4. The smallest absolute Gasteiger partial charge is 0.306 e. The van der Waals surface area contributed by atoms with Crippen molar-refractivity contribution in [3.63, 3.8) is 0 Å². The van der Waals surface area contributed by atoms with E-state index in [-0.39, 0.29) is 24.9 Å². The zero-order chi connectivity index (χ0) is 43.1. The van der Waals surface area contributed by atoms with Gasteiger partial charge in [-0.05, 0) is 44.9 Å². The fraction of sp³-hybridized carbons (Fsp3) is 0.925. The molecule has 0 aromatic heterocycles. The summed E-state index contributed by atoms with van der Waals surface area (Å²) in [6.45, 7) is 6.49. The molecule has 0 saturated carbocycles. The van der Waals surface area contributed by atoms with Crippen LogP contribution in [0.1, 0.15) is 290 Å². The van der Waals surface area contributed by atoms with Gasteiger partial charge in [-0.25, -0.2) is 0 Å². The molecule has 3 N–H and O–H groups in total. The van der Waals surface area contributed by atoms with Gasteiger partial charge in [-0.1, -0.05) is 245 Å². The van der Waals surface area contributed by atoms with Crippen LogP contribution < -0.4 is 5.32 Å². The molecule has 6 nitrogen and oxygen atoms in total. The second-order valence-electron chi connectivity index (χ2n) is 18.3. The molecule has 0 fully saturated rings. The van der Waals surface area contributed by atoms with Gasteiger partial charge in [0, 0.05) is 6.42 Å². The summed E-state index contributed by atoms with van der Waals surface area (Å²) in [6.07, 6.45) is 52.8. The Morgan fingerprint density at radius 1 is 0.475 bits per heavy atom. The van der Waals surface area contributed by atoms with E-state index in [0.717, 1.165) is 51.4 Å². The Bertz CT molecular complexity index is 893. The lowest BCUT2D eigenvalue weighted by Crippen LogP contribution is -2.46. The molecule has 59 heavy (non-hydrogen) atoms. The molecular formula is C53H103NO5. The number of carbonyl (C=O) groups is 2. The molecule has 0 heterocycles. The minimum atomic E-state index is -0.788. The molecule has 0 saturated heterocycles. The molecule has 0 radical (unpaired) electrons. The van der Waals surface area contributed by atoms with Gasteiger partial charge in [0.15, 0.2) is 0 Å². The maximum Gasteiger partial charge on any atom is 0.306 e. The van der Waals surface area contributed by atoms with E-state index in [4.69, 9.17) is 4.74 Å². The van der Waals surface area contributed by atoms with Gasteiger partial charge in [0.25, 0.3) is 0 Å². The van der Waals surface area contributed by atoms with Crippen molar-refractivity contribution in [2.45, 2.75) is 309 Å². The van der Waals surface area contributed by atoms with Crippen LogP contribution >= 0.6 is 0 Å². The third-order valence-corrected chi connectivity index (χ3v) is 12.3. The van der Waals surface area contributed by atoms with Crippen LogP contribution in [0.5, 0.6) is 0 Å². The van der Waals surface area contributed by atoms with Crippen LogP contribution in [0.25, 0.3) is 0 Å². The van der Waals surface area contributed by atoms with Gasteiger partial charge in [-0.3, -0.25) is 9.59 Å². The van der Waals surface area contributed by atoms with Crippen molar-refractivity contribution < 1.29 is 24.5 Å². The van der Waals surface area contributed by atoms with Crippen molar-refractivity contribution in [1.82, 2.24) is 5.32 Å². The molecule has 350 valence electrons. The molecule has 0 rings (SSSR count). The van der Waals surface area contributed by atoms with Gasteiger partial charge in [0.2, 0.25) is 5.91 Å². The number of aliphatic hydroxyl groups excluding tert-OH is 2. The van der Waals surface area contributed by atoms with E-state index in [1.54, 1.807) is 0 Å². The summed E-state index contributed by atoms with van der Waals surface area (Å²) < 4.78 is 5.92. The number of allylic oxidation sites excluding steroid dienone is 2. The van der Waals surface area contributed by atoms with Crippen molar-refractivity contribution in [3.8, 4) is 0 Å². The molecule has 0 bridgehead atoms. The minimum Gasteiger partial charge on any atom is -0.462 e. The molecule has 6 heteroatoms. The molecule has 0 aliphatic rings. The average Bonchev–Trinajstić information content (AvgIpc) is 3.23. The number of carbonyl (C=O) groups excluding carboxylic acids is 2. The summed E-state index contributed by atoms with van der Waals surface area (Å²) in [7, 11) is 0. The van der Waals surface area contributed by atoms with Crippen LogP contribution in [-0.4, -0.2) is 46.9 Å². The highest BCUT2D eigenvalue weighted by molar-refractivity contribution is 5.77. The monoisotopic (exact) mass is 834 g/mol. The lowest BCUT2D eigenvalue weighted by Gasteiger charge is -2.24. The Morgan fingerprint density at radius 2 is 0.831 bits per heavy atom. The van der Waals surface area contributed by atoms with Gasteiger partial charge < -0.3 is 20.3 Å². The van der Waals surface area contributed by atoms with Gasteiger partial charge in [0.1, 0.15) is 6.10 Å². The van der Waals surface area contributed by atoms with Crippen LogP contribution in [0.3, 0.4) is 0 Å². The summed E-state index contributed by atoms with van der Waals surface area (Å²) >= 11 is 0. The van der Waals surface area contributed by atoms with Crippen LogP contribution in [-0.2, 0) is 14.3 Å². The van der Waals surface area contributed by atoms with Crippen LogP contribution in [0.15, 0.2) is 12.2 Å². The van der Waals surface area contributed by atoms with E-state index in [1.165, 1.54) is 193 Å². The Kier molecular flexibility index (Phi) is 46.5. The Hall–Kier alpha value is -1.40. The molecular weight excluding hydrogens is 731 g/mol. The van der Waals surface area contributed by atoms with E-state index < -0.39 is 18.2 Å². The number of amides is 1. The average molecular weight is 834 g/mol. The highest BCUT2D eigenvalue weighted by Crippen LogP contribution is 2.18. The standard InChI is InChI=1S/C53H103NO5/c1-4-7-10-13-16-19-22-24-25-26-28-31-34-37-40-43-46-53(58)59-49(44-41-38-35-32-29-21-18-15-12-9-6-3)47-52(57)54-50(48-55)51(56)45-42-39-36-33-30-27-23-20-17-14-11-8-5-2/h32,35,49-51,55-56H,4-31,33-34,36-48H2,1-3H3,(H,54,57)/b35-32-. The first kappa shape index (κ1) is 57.6. The minimum absolute atomic E-state index is 0.0636. The first-order chi connectivity index (χ1) is 29.0. The van der Waals surface area contributed by atoms with E-state index in [2.05, 4.69) is 38.2 Å². The predicted molar refractivity (Wildman–Crippen MR) is 255 cm³/mol. The van der Waals surface area contributed by atoms with Gasteiger partial charge in [-0.15, -0.1) is 0 Å². The molecule has 3 atom stereocenters. The number of nitrogens with one attached hydrogen (secondary N) is 1. The lowest BCUT2D eigenvalue weighted by molar-refractivity contribution is -0.151. The van der Waals surface area contributed by atoms with Gasteiger partial charge in [0.05, 0.1) is 25.2 Å². The Balaban J connectivity index is 4.49. The molecule has 0 spiro atoms. The van der Waals surface area contributed by atoms with Crippen molar-refractivity contribution in [2.24, 2.45) is 0 Å². The van der Waals surface area contributed by atoms with Crippen molar-refractivity contribution >= 4 is 11.9 Å². The van der Waals surface area contributed by atoms with E-state index in [1.807, 2.05) is 0 Å². The number of aliphatic hydroxyl groups is 2. The first-order valence-corrected chi connectivity index (χ1v) is 26.4. The predicted octanol–water partition coefficient (Wildman–Crippen LogP) is 15.7. The van der Waals surface area contributed by atoms with Crippen molar-refractivity contribution in [2.75, 3.05) is 6.61 Å². The maximum atomic E-state index is 13.2. The zero-order valence-electron chi connectivity index (χ0n) is 39.9. The number of hydrogen-bond acceptors (Lipinski definition) is 5. The fourth-order valence-corrected chi connectivity index (χ4v) is 8.31. The van der Waals surface area contributed by atoms with Crippen LogP contribution in [0, 0.1) is 0 Å². The topological polar surface area (TPSA) is 95.9 Å². The third-order valence-electron chi connectivity index (χ3n) is 12.3. The number of unbranched alkanes of at least 4 members (excludes halogenated alkanes) is 34. The van der Waals surface area contributed by atoms with E-state index in [0.29, 0.717) is 19.3 Å². The number of hydrogen-bond donors (Lipinski definition) is 3. The van der Waals surface area contributed by atoms with Crippen LogP contribution in [0.2, 0.25) is 0 Å². The molecule has 0 aromatic rings. The second-order valence-corrected chi connectivity index (χ2v) is 18.3. The molecule has 0 aliphatic heterocycles. The second kappa shape index (κ2) is 47.6. The maximum absolute atomic E-state index is 13.2. The lowest BCUT2D eigenvalue weighted by atomic mass is 10.0. The van der Waals surface area contributed by atoms with E-state index >= 15 is 0 Å². The summed E-state index contributed by atoms with van der Waals surface area (Å²) in [5.74, 6) is -0.486. The zero-order valence-corrected chi connectivity index (χ0v) is 39.9. The number of ether oxygens (including phenoxy) is 1. The summed E-state index contributed by atoms with van der Waals surface area (Å²) in [6, 6.07) is -0.703. The van der Waals surface area contributed by atoms with Gasteiger partial charge in [-0.2, -0.15) is 0 Å². The summed E-state index contributed by atoms with van der Waals surface area (Å²) in [5, 5.41) is 23.7. The van der Waals surface area contributed by atoms with Crippen molar-refractivity contribution in [3.05, 3.63) is 12.2 Å². The molecule has 1 amide bonds. The highest BCUT2D eigenvalue weighted by atomic mass is 16.5. The fourth-order valence-electron chi connectivity index (χ4n) is 8.31. The third kappa shape index (κ3) is 43.1. The SMILES string of the molecule is CCCCCCCC/C=C\CCCC(CC(=O)NC(CO)C(O)CCCCCCCCCCCCCCC)OC(=O)CCCCCCCCCCCCCCCCCC. The quantitative estimate of drug-likeness (QED) is 0.0322. The van der Waals surface area contributed by atoms with E-state index in [9.17, 15) is 19.8 Å². The summed E-state index contributed by atoms with van der Waals surface area (Å²) in [5.41, 5.74) is 0. The summed E-state index contributed by atoms with van der Waals surface area (Å²) in [4.78, 5) is 26.1. The normalized spacial score (nSPS) is 13.2. The van der Waals surface area contributed by atoms with Crippen molar-refractivity contribution in [1.29, 1.82) is 0 Å². The molecule has 0 aliphatic carbocycles. The van der Waals surface area contributed by atoms with Gasteiger partial charge >= 0.3 is 5.97 Å².